The SMILES string of the molecule is Cc1sc2c(c1NC(=O)NSN(c1cnn(C)c1)C1CC(F)CN(C)C1)CCC2. The maximum Gasteiger partial charge on any atom is 0.330 e. The van der Waals surface area contributed by atoms with Gasteiger partial charge in [0.25, 0.3) is 0 Å². The van der Waals surface area contributed by atoms with Crippen molar-refractivity contribution in [3.05, 3.63) is 27.7 Å². The molecule has 1 saturated heterocycles. The minimum Gasteiger partial charge on any atom is -0.306 e. The molecule has 2 aliphatic rings. The van der Waals surface area contributed by atoms with Gasteiger partial charge >= 0.3 is 6.03 Å². The Labute approximate surface area is 178 Å². The lowest BCUT2D eigenvalue weighted by Crippen LogP contribution is -2.49. The number of aromatic nitrogens is 2. The van der Waals surface area contributed by atoms with Crippen LogP contribution in [0.2, 0.25) is 0 Å². The van der Waals surface area contributed by atoms with E-state index in [0.717, 1.165) is 42.1 Å². The molecule has 0 aromatic carbocycles. The summed E-state index contributed by atoms with van der Waals surface area (Å²) >= 11 is 2.97. The molecule has 158 valence electrons. The highest BCUT2D eigenvalue weighted by molar-refractivity contribution is 7.99. The van der Waals surface area contributed by atoms with Crippen LogP contribution in [-0.4, -0.2) is 53.1 Å². The average Bonchev–Trinajstić information content (AvgIpc) is 3.34. The number of piperidine rings is 1. The number of halogens is 1. The average molecular weight is 439 g/mol. The highest BCUT2D eigenvalue weighted by atomic mass is 32.2. The Hall–Kier alpha value is -1.78. The molecule has 1 aliphatic heterocycles. The molecule has 2 aromatic rings. The van der Waals surface area contributed by atoms with E-state index in [1.165, 1.54) is 22.6 Å². The third-order valence-electron chi connectivity index (χ3n) is 5.41. The molecule has 4 rings (SSSR count). The van der Waals surface area contributed by atoms with Crippen LogP contribution in [0, 0.1) is 6.92 Å². The summed E-state index contributed by atoms with van der Waals surface area (Å²) in [5.74, 6) is 0. The van der Waals surface area contributed by atoms with Gasteiger partial charge in [-0.05, 0) is 38.8 Å². The number of carbonyl (C=O) groups excluding carboxylic acids is 1. The van der Waals surface area contributed by atoms with Crippen molar-refractivity contribution in [1.29, 1.82) is 0 Å². The van der Waals surface area contributed by atoms with Crippen molar-refractivity contribution >= 4 is 40.9 Å². The number of aryl methyl sites for hydroxylation is 3. The summed E-state index contributed by atoms with van der Waals surface area (Å²) in [6.45, 7) is 3.22. The van der Waals surface area contributed by atoms with Crippen molar-refractivity contribution in [2.24, 2.45) is 7.05 Å². The fourth-order valence-electron chi connectivity index (χ4n) is 4.18. The summed E-state index contributed by atoms with van der Waals surface area (Å²) in [7, 11) is 3.77. The van der Waals surface area contributed by atoms with Gasteiger partial charge in [-0.2, -0.15) is 5.10 Å². The number of amides is 2. The van der Waals surface area contributed by atoms with E-state index in [0.29, 0.717) is 13.0 Å². The third kappa shape index (κ3) is 4.54. The molecule has 2 amide bonds. The van der Waals surface area contributed by atoms with Crippen molar-refractivity contribution in [2.45, 2.75) is 44.8 Å². The van der Waals surface area contributed by atoms with Crippen LogP contribution in [-0.2, 0) is 19.9 Å². The van der Waals surface area contributed by atoms with Crippen molar-refractivity contribution in [3.8, 4) is 0 Å². The second-order valence-corrected chi connectivity index (χ2v) is 9.93. The summed E-state index contributed by atoms with van der Waals surface area (Å²) in [5.41, 5.74) is 3.08. The number of likely N-dealkylation sites (tertiary alicyclic amines) is 1. The fraction of sp³-hybridized carbons (Fsp3) is 0.579. The van der Waals surface area contributed by atoms with Crippen LogP contribution in [0.4, 0.5) is 20.6 Å². The number of alkyl halides is 1. The molecule has 29 heavy (non-hydrogen) atoms. The van der Waals surface area contributed by atoms with Crippen molar-refractivity contribution in [2.75, 3.05) is 29.8 Å². The number of thiophene rings is 1. The predicted octanol–water partition coefficient (Wildman–Crippen LogP) is 3.51. The smallest absolute Gasteiger partial charge is 0.306 e. The van der Waals surface area contributed by atoms with Gasteiger partial charge in [-0.15, -0.1) is 11.3 Å². The molecule has 0 saturated carbocycles. The van der Waals surface area contributed by atoms with Crippen molar-refractivity contribution in [1.82, 2.24) is 19.4 Å². The van der Waals surface area contributed by atoms with Gasteiger partial charge in [-0.1, -0.05) is 0 Å². The molecule has 1 aliphatic carbocycles. The molecule has 2 atom stereocenters. The van der Waals surface area contributed by atoms with E-state index in [2.05, 4.69) is 15.1 Å². The number of hydrogen-bond acceptors (Lipinski definition) is 6. The molecule has 0 spiro atoms. The number of hydrogen-bond donors (Lipinski definition) is 2. The standard InChI is InChI=1S/C19H27FN6OS2/c1-12-18(16-5-4-6-17(16)28-12)22-19(27)23-29-26(15-8-21-25(3)11-15)14-7-13(20)9-24(2)10-14/h8,11,13-14H,4-7,9-10H2,1-3H3,(H2,22,23,27). The Morgan fingerprint density at radius 1 is 1.38 bits per heavy atom. The number of fused-ring (bicyclic) bond motifs is 1. The quantitative estimate of drug-likeness (QED) is 0.700. The van der Waals surface area contributed by atoms with Crippen LogP contribution in [0.15, 0.2) is 12.4 Å². The van der Waals surface area contributed by atoms with Gasteiger partial charge in [0.2, 0.25) is 0 Å². The maximum absolute atomic E-state index is 14.2. The van der Waals surface area contributed by atoms with Gasteiger partial charge in [0.05, 0.1) is 35.7 Å². The number of nitrogens with one attached hydrogen (secondary N) is 2. The normalized spacial score (nSPS) is 21.8. The molecule has 1 fully saturated rings. The van der Waals surface area contributed by atoms with E-state index < -0.39 is 6.17 Å². The zero-order valence-electron chi connectivity index (χ0n) is 16.9. The van der Waals surface area contributed by atoms with Crippen LogP contribution < -0.4 is 14.3 Å². The molecular formula is C19H27FN6OS2. The summed E-state index contributed by atoms with van der Waals surface area (Å²) < 4.78 is 20.8. The first-order valence-corrected chi connectivity index (χ1v) is 11.4. The van der Waals surface area contributed by atoms with E-state index in [9.17, 15) is 9.18 Å². The number of likely N-dealkylation sites (N-methyl/N-ethyl adjacent to an activating group) is 1. The van der Waals surface area contributed by atoms with Gasteiger partial charge < -0.3 is 10.2 Å². The van der Waals surface area contributed by atoms with Crippen LogP contribution in [0.25, 0.3) is 0 Å². The van der Waals surface area contributed by atoms with E-state index in [1.807, 2.05) is 36.4 Å². The molecule has 10 heteroatoms. The second kappa shape index (κ2) is 8.53. The Morgan fingerprint density at radius 2 is 2.21 bits per heavy atom. The molecule has 0 radical (unpaired) electrons. The van der Waals surface area contributed by atoms with E-state index in [4.69, 9.17) is 0 Å². The Bertz CT molecular complexity index is 874. The number of urea groups is 1. The van der Waals surface area contributed by atoms with E-state index >= 15 is 0 Å². The van der Waals surface area contributed by atoms with Gasteiger partial charge in [0.15, 0.2) is 0 Å². The van der Waals surface area contributed by atoms with Crippen LogP contribution in [0.3, 0.4) is 0 Å². The van der Waals surface area contributed by atoms with Crippen LogP contribution >= 0.6 is 23.5 Å². The van der Waals surface area contributed by atoms with E-state index in [1.54, 1.807) is 22.2 Å². The minimum absolute atomic E-state index is 0.0645. The molecule has 0 bridgehead atoms. The van der Waals surface area contributed by atoms with Gasteiger partial charge in [-0.3, -0.25) is 13.7 Å². The van der Waals surface area contributed by atoms with Gasteiger partial charge in [-0.25, -0.2) is 9.18 Å². The predicted molar refractivity (Wildman–Crippen MR) is 117 cm³/mol. The lowest BCUT2D eigenvalue weighted by Gasteiger charge is -2.38. The zero-order valence-corrected chi connectivity index (χ0v) is 18.6. The number of carbonyl (C=O) groups is 1. The van der Waals surface area contributed by atoms with Crippen LogP contribution in [0.5, 0.6) is 0 Å². The molecule has 2 N–H and O–H groups in total. The van der Waals surface area contributed by atoms with Gasteiger partial charge in [0.1, 0.15) is 6.17 Å². The van der Waals surface area contributed by atoms with Crippen molar-refractivity contribution < 1.29 is 9.18 Å². The highest BCUT2D eigenvalue weighted by Crippen LogP contribution is 2.38. The summed E-state index contributed by atoms with van der Waals surface area (Å²) in [4.78, 5) is 17.2. The molecular weight excluding hydrogens is 411 g/mol. The minimum atomic E-state index is -0.886. The van der Waals surface area contributed by atoms with Crippen LogP contribution in [0.1, 0.15) is 28.2 Å². The molecule has 3 heterocycles. The highest BCUT2D eigenvalue weighted by Gasteiger charge is 2.31. The second-order valence-electron chi connectivity index (χ2n) is 7.84. The fourth-order valence-corrected chi connectivity index (χ4v) is 6.13. The van der Waals surface area contributed by atoms with Gasteiger partial charge in [0, 0.05) is 42.5 Å². The molecule has 2 aromatic heterocycles. The van der Waals surface area contributed by atoms with Crippen molar-refractivity contribution in [3.63, 3.8) is 0 Å². The number of nitrogens with zero attached hydrogens (tertiary/aromatic N) is 4. The lowest BCUT2D eigenvalue weighted by molar-refractivity contribution is 0.149. The first-order chi connectivity index (χ1) is 13.9. The first-order valence-electron chi connectivity index (χ1n) is 9.86. The zero-order chi connectivity index (χ0) is 20.5. The summed E-state index contributed by atoms with van der Waals surface area (Å²) in [6.07, 6.45) is 6.44. The maximum atomic E-state index is 14.2. The molecule has 2 unspecified atom stereocenters. The number of anilines is 2. The summed E-state index contributed by atoms with van der Waals surface area (Å²) in [5, 5.41) is 7.27. The third-order valence-corrected chi connectivity index (χ3v) is 7.60. The first kappa shape index (κ1) is 20.5. The monoisotopic (exact) mass is 438 g/mol. The summed E-state index contributed by atoms with van der Waals surface area (Å²) in [6, 6.07) is -0.328. The largest absolute Gasteiger partial charge is 0.330 e. The number of rotatable bonds is 5. The Morgan fingerprint density at radius 3 is 2.93 bits per heavy atom. The Kier molecular flexibility index (Phi) is 6.03. The molecule has 7 nitrogen and oxygen atoms in total. The van der Waals surface area contributed by atoms with E-state index in [-0.39, 0.29) is 12.1 Å². The lowest BCUT2D eigenvalue weighted by atomic mass is 10.0. The Balaban J connectivity index is 1.44. The topological polar surface area (TPSA) is 65.4 Å².